The summed E-state index contributed by atoms with van der Waals surface area (Å²) in [5, 5.41) is 5.11. The highest BCUT2D eigenvalue weighted by Gasteiger charge is 2.22. The third kappa shape index (κ3) is 4.14. The Morgan fingerprint density at radius 1 is 1.28 bits per heavy atom. The summed E-state index contributed by atoms with van der Waals surface area (Å²) in [5.41, 5.74) is 2.77. The predicted octanol–water partition coefficient (Wildman–Crippen LogP) is 2.78. The molecule has 0 saturated carbocycles. The van der Waals surface area contributed by atoms with Gasteiger partial charge in [0.15, 0.2) is 17.6 Å². The number of carbonyl (C=O) groups excluding carboxylic acids is 1. The Bertz CT molecular complexity index is 1050. The minimum absolute atomic E-state index is 0.155. The molecule has 8 nitrogen and oxygen atoms in total. The molecule has 4 rings (SSSR count). The van der Waals surface area contributed by atoms with Gasteiger partial charge in [-0.1, -0.05) is 23.9 Å². The van der Waals surface area contributed by atoms with Crippen LogP contribution in [-0.4, -0.2) is 51.1 Å². The Morgan fingerprint density at radius 3 is 2.86 bits per heavy atom. The molecule has 0 N–H and O–H groups in total. The minimum Gasteiger partial charge on any atom is -0.486 e. The van der Waals surface area contributed by atoms with E-state index in [0.29, 0.717) is 35.5 Å². The summed E-state index contributed by atoms with van der Waals surface area (Å²) in [4.78, 5) is 21.1. The van der Waals surface area contributed by atoms with Crippen LogP contribution in [0.5, 0.6) is 11.5 Å². The minimum atomic E-state index is -0.310. The van der Waals surface area contributed by atoms with Gasteiger partial charge < -0.3 is 14.2 Å². The van der Waals surface area contributed by atoms with Gasteiger partial charge in [0.1, 0.15) is 13.2 Å². The van der Waals surface area contributed by atoms with E-state index in [2.05, 4.69) is 15.1 Å². The molecule has 0 saturated heterocycles. The number of nitrogens with zero attached hydrogens (tertiary/aromatic N) is 4. The highest BCUT2D eigenvalue weighted by molar-refractivity contribution is 7.98. The molecule has 2 aromatic heterocycles. The zero-order chi connectivity index (χ0) is 20.4. The Kier molecular flexibility index (Phi) is 5.57. The topological polar surface area (TPSA) is 87.8 Å². The lowest BCUT2D eigenvalue weighted by molar-refractivity contribution is -0.146. The van der Waals surface area contributed by atoms with Crippen LogP contribution in [0.3, 0.4) is 0 Å². The first-order valence-corrected chi connectivity index (χ1v) is 10.6. The van der Waals surface area contributed by atoms with Gasteiger partial charge in [-0.25, -0.2) is 9.50 Å². The summed E-state index contributed by atoms with van der Waals surface area (Å²) >= 11 is 1.47. The van der Waals surface area contributed by atoms with Gasteiger partial charge in [0.25, 0.3) is 5.78 Å². The van der Waals surface area contributed by atoms with Gasteiger partial charge in [-0.05, 0) is 44.2 Å². The Balaban J connectivity index is 1.34. The Hall–Kier alpha value is -2.81. The number of carbonyl (C=O) groups is 1. The molecule has 1 aliphatic heterocycles. The number of para-hydroxylation sites is 2. The molecule has 29 heavy (non-hydrogen) atoms. The first kappa shape index (κ1) is 19.5. The van der Waals surface area contributed by atoms with Crippen LogP contribution in [-0.2, 0) is 16.0 Å². The molecule has 0 spiro atoms. The van der Waals surface area contributed by atoms with Crippen molar-refractivity contribution in [3.63, 3.8) is 0 Å². The predicted molar refractivity (Wildman–Crippen MR) is 108 cm³/mol. The standard InChI is InChI=1S/C20H22N4O4S/c1-12-15(13(2)24-19(21-12)22-20(23-24)29-3)8-9-18(25)27-11-14-10-26-16-6-4-5-7-17(16)28-14/h4-7,14H,8-11H2,1-3H3. The number of rotatable bonds is 6. The number of hydrogen-bond acceptors (Lipinski definition) is 8. The normalized spacial score (nSPS) is 15.5. The van der Waals surface area contributed by atoms with Crippen molar-refractivity contribution in [1.29, 1.82) is 0 Å². The van der Waals surface area contributed by atoms with Crippen molar-refractivity contribution in [3.8, 4) is 11.5 Å². The maximum absolute atomic E-state index is 12.3. The number of ether oxygens (including phenoxy) is 3. The van der Waals surface area contributed by atoms with Crippen LogP contribution in [0.2, 0.25) is 0 Å². The van der Waals surface area contributed by atoms with Crippen molar-refractivity contribution in [1.82, 2.24) is 19.6 Å². The maximum Gasteiger partial charge on any atom is 0.306 e. The van der Waals surface area contributed by atoms with E-state index in [4.69, 9.17) is 14.2 Å². The number of thioether (sulfide) groups is 1. The molecule has 0 bridgehead atoms. The number of fused-ring (bicyclic) bond motifs is 2. The van der Waals surface area contributed by atoms with Crippen molar-refractivity contribution in [3.05, 3.63) is 41.2 Å². The lowest BCUT2D eigenvalue weighted by Crippen LogP contribution is -2.34. The number of benzene rings is 1. The molecule has 152 valence electrons. The van der Waals surface area contributed by atoms with Crippen LogP contribution in [0, 0.1) is 13.8 Å². The molecule has 3 heterocycles. The van der Waals surface area contributed by atoms with E-state index in [1.807, 2.05) is 44.4 Å². The molecule has 3 aromatic rings. The monoisotopic (exact) mass is 414 g/mol. The summed E-state index contributed by atoms with van der Waals surface area (Å²) in [6, 6.07) is 7.46. The zero-order valence-corrected chi connectivity index (χ0v) is 17.4. The zero-order valence-electron chi connectivity index (χ0n) is 16.5. The fourth-order valence-corrected chi connectivity index (χ4v) is 3.60. The van der Waals surface area contributed by atoms with Crippen LogP contribution in [0.4, 0.5) is 0 Å². The van der Waals surface area contributed by atoms with Crippen molar-refractivity contribution in [2.75, 3.05) is 19.5 Å². The summed E-state index contributed by atoms with van der Waals surface area (Å²) in [6.45, 7) is 4.40. The summed E-state index contributed by atoms with van der Waals surface area (Å²) in [7, 11) is 0. The highest BCUT2D eigenvalue weighted by atomic mass is 32.2. The molecule has 0 amide bonds. The van der Waals surface area contributed by atoms with Crippen molar-refractivity contribution >= 4 is 23.5 Å². The number of aromatic nitrogens is 4. The average molecular weight is 414 g/mol. The van der Waals surface area contributed by atoms with Gasteiger partial charge in [-0.2, -0.15) is 4.98 Å². The quantitative estimate of drug-likeness (QED) is 0.449. The number of esters is 1. The fourth-order valence-electron chi connectivity index (χ4n) is 3.27. The number of hydrogen-bond donors (Lipinski definition) is 0. The smallest absolute Gasteiger partial charge is 0.306 e. The van der Waals surface area contributed by atoms with Crippen molar-refractivity contribution in [2.45, 2.75) is 37.9 Å². The van der Waals surface area contributed by atoms with Crippen molar-refractivity contribution < 1.29 is 19.0 Å². The van der Waals surface area contributed by atoms with Gasteiger partial charge in [0.2, 0.25) is 5.16 Å². The first-order valence-electron chi connectivity index (χ1n) is 9.36. The van der Waals surface area contributed by atoms with Crippen LogP contribution in [0.25, 0.3) is 5.78 Å². The molecule has 1 aromatic carbocycles. The largest absolute Gasteiger partial charge is 0.486 e. The van der Waals surface area contributed by atoms with Gasteiger partial charge in [-0.3, -0.25) is 4.79 Å². The van der Waals surface area contributed by atoms with Gasteiger partial charge >= 0.3 is 5.97 Å². The second-order valence-corrected chi connectivity index (χ2v) is 7.53. The van der Waals surface area contributed by atoms with E-state index in [1.165, 1.54) is 11.8 Å². The van der Waals surface area contributed by atoms with E-state index in [1.54, 1.807) is 4.52 Å². The van der Waals surface area contributed by atoms with Crippen LogP contribution >= 0.6 is 11.8 Å². The summed E-state index contributed by atoms with van der Waals surface area (Å²) in [6.07, 6.45) is 2.39. The fraction of sp³-hybridized carbons (Fsp3) is 0.400. The second kappa shape index (κ2) is 8.28. The highest BCUT2D eigenvalue weighted by Crippen LogP contribution is 2.30. The van der Waals surface area contributed by atoms with Crippen molar-refractivity contribution in [2.24, 2.45) is 0 Å². The van der Waals surface area contributed by atoms with E-state index >= 15 is 0 Å². The SMILES string of the molecule is CSc1nc2nc(C)c(CCC(=O)OCC3COc4ccccc4O3)c(C)n2n1. The molecule has 0 aliphatic carbocycles. The number of aryl methyl sites for hydroxylation is 2. The van der Waals surface area contributed by atoms with Crippen LogP contribution < -0.4 is 9.47 Å². The Labute approximate surface area is 172 Å². The van der Waals surface area contributed by atoms with E-state index in [9.17, 15) is 4.79 Å². The molecule has 1 atom stereocenters. The maximum atomic E-state index is 12.3. The summed E-state index contributed by atoms with van der Waals surface area (Å²) < 4.78 is 18.6. The second-order valence-electron chi connectivity index (χ2n) is 6.75. The van der Waals surface area contributed by atoms with E-state index in [-0.39, 0.29) is 25.1 Å². The van der Waals surface area contributed by atoms with Gasteiger partial charge in [0.05, 0.1) is 0 Å². The lowest BCUT2D eigenvalue weighted by atomic mass is 10.1. The molecule has 0 radical (unpaired) electrons. The molecule has 0 fully saturated rings. The van der Waals surface area contributed by atoms with Gasteiger partial charge in [0, 0.05) is 17.8 Å². The average Bonchev–Trinajstić information content (AvgIpc) is 3.15. The third-order valence-corrected chi connectivity index (χ3v) is 5.33. The lowest BCUT2D eigenvalue weighted by Gasteiger charge is -2.26. The third-order valence-electron chi connectivity index (χ3n) is 4.79. The summed E-state index contributed by atoms with van der Waals surface area (Å²) in [5.74, 6) is 1.67. The van der Waals surface area contributed by atoms with Crippen LogP contribution in [0.15, 0.2) is 29.4 Å². The molecular weight excluding hydrogens is 392 g/mol. The van der Waals surface area contributed by atoms with Gasteiger partial charge in [-0.15, -0.1) is 5.10 Å². The molecule has 1 aliphatic rings. The first-order chi connectivity index (χ1) is 14.0. The Morgan fingerprint density at radius 2 is 2.07 bits per heavy atom. The molecular formula is C20H22N4O4S. The van der Waals surface area contributed by atoms with E-state index in [0.717, 1.165) is 17.0 Å². The van der Waals surface area contributed by atoms with Crippen LogP contribution in [0.1, 0.15) is 23.4 Å². The van der Waals surface area contributed by atoms with E-state index < -0.39 is 0 Å². The molecule has 9 heteroatoms. The molecule has 1 unspecified atom stereocenters.